The molecule has 0 bridgehead atoms. The Morgan fingerprint density at radius 1 is 1.28 bits per heavy atom. The molecule has 0 N–H and O–H groups in total. The first-order chi connectivity index (χ1) is 8.58. The van der Waals surface area contributed by atoms with Crippen LogP contribution in [0.3, 0.4) is 0 Å². The SMILES string of the molecule is CCCC(=O)CC(CCC)c1ccc(Cl)c(C)c1. The fraction of sp³-hybridized carbons (Fsp3) is 0.562. The molecule has 1 atom stereocenters. The fourth-order valence-corrected chi connectivity index (χ4v) is 2.43. The number of hydrogen-bond donors (Lipinski definition) is 0. The van der Waals surface area contributed by atoms with Gasteiger partial charge in [-0.2, -0.15) is 0 Å². The number of carbonyl (C=O) groups excluding carboxylic acids is 1. The second-order valence-electron chi connectivity index (χ2n) is 4.99. The van der Waals surface area contributed by atoms with E-state index in [2.05, 4.69) is 26.0 Å². The van der Waals surface area contributed by atoms with Crippen molar-refractivity contribution in [1.29, 1.82) is 0 Å². The Bertz CT molecular complexity index is 398. The van der Waals surface area contributed by atoms with E-state index < -0.39 is 0 Å². The van der Waals surface area contributed by atoms with E-state index in [1.807, 2.05) is 13.0 Å². The van der Waals surface area contributed by atoms with E-state index in [-0.39, 0.29) is 0 Å². The Balaban J connectivity index is 2.82. The molecule has 0 radical (unpaired) electrons. The minimum Gasteiger partial charge on any atom is -0.300 e. The van der Waals surface area contributed by atoms with Crippen LogP contribution >= 0.6 is 11.6 Å². The van der Waals surface area contributed by atoms with Gasteiger partial charge in [0.1, 0.15) is 5.78 Å². The zero-order chi connectivity index (χ0) is 13.5. The van der Waals surface area contributed by atoms with E-state index in [9.17, 15) is 4.79 Å². The molecule has 2 heteroatoms. The molecule has 0 aliphatic carbocycles. The minimum absolute atomic E-state index is 0.352. The van der Waals surface area contributed by atoms with Crippen LogP contribution in [-0.4, -0.2) is 5.78 Å². The molecule has 1 aromatic rings. The van der Waals surface area contributed by atoms with E-state index in [0.717, 1.165) is 29.8 Å². The molecular formula is C16H23ClO. The van der Waals surface area contributed by atoms with Crippen LogP contribution in [0.2, 0.25) is 5.02 Å². The highest BCUT2D eigenvalue weighted by molar-refractivity contribution is 6.31. The monoisotopic (exact) mass is 266 g/mol. The average Bonchev–Trinajstić information content (AvgIpc) is 2.32. The lowest BCUT2D eigenvalue weighted by Crippen LogP contribution is -2.07. The quantitative estimate of drug-likeness (QED) is 0.655. The zero-order valence-corrected chi connectivity index (χ0v) is 12.4. The van der Waals surface area contributed by atoms with Crippen LogP contribution in [-0.2, 0) is 4.79 Å². The van der Waals surface area contributed by atoms with Gasteiger partial charge in [0.25, 0.3) is 0 Å². The summed E-state index contributed by atoms with van der Waals surface area (Å²) >= 11 is 6.05. The van der Waals surface area contributed by atoms with Gasteiger partial charge in [-0.05, 0) is 42.9 Å². The molecule has 0 spiro atoms. The summed E-state index contributed by atoms with van der Waals surface area (Å²) in [5.74, 6) is 0.730. The molecule has 0 fully saturated rings. The van der Waals surface area contributed by atoms with Gasteiger partial charge in [-0.15, -0.1) is 0 Å². The summed E-state index contributed by atoms with van der Waals surface area (Å²) in [6.07, 6.45) is 4.48. The van der Waals surface area contributed by atoms with E-state index in [1.54, 1.807) is 0 Å². The molecule has 1 rings (SSSR count). The molecule has 1 aromatic carbocycles. The maximum Gasteiger partial charge on any atom is 0.133 e. The second-order valence-corrected chi connectivity index (χ2v) is 5.39. The van der Waals surface area contributed by atoms with Crippen LogP contribution < -0.4 is 0 Å². The highest BCUT2D eigenvalue weighted by Gasteiger charge is 2.15. The number of carbonyl (C=O) groups is 1. The Morgan fingerprint density at radius 2 is 2.00 bits per heavy atom. The number of rotatable bonds is 7. The molecule has 0 heterocycles. The highest BCUT2D eigenvalue weighted by Crippen LogP contribution is 2.28. The molecule has 100 valence electrons. The van der Waals surface area contributed by atoms with E-state index in [0.29, 0.717) is 24.5 Å². The third kappa shape index (κ3) is 4.45. The maximum atomic E-state index is 11.8. The molecule has 0 aliphatic heterocycles. The first-order valence-corrected chi connectivity index (χ1v) is 7.24. The maximum absolute atomic E-state index is 11.8. The molecule has 0 amide bonds. The van der Waals surface area contributed by atoms with Gasteiger partial charge in [0.2, 0.25) is 0 Å². The third-order valence-electron chi connectivity index (χ3n) is 3.29. The van der Waals surface area contributed by atoms with Gasteiger partial charge in [-0.25, -0.2) is 0 Å². The average molecular weight is 267 g/mol. The van der Waals surface area contributed by atoms with Gasteiger partial charge in [0.15, 0.2) is 0 Å². The van der Waals surface area contributed by atoms with Crippen LogP contribution in [0, 0.1) is 6.92 Å². The summed E-state index contributed by atoms with van der Waals surface area (Å²) in [6, 6.07) is 6.13. The van der Waals surface area contributed by atoms with Crippen molar-refractivity contribution in [3.05, 3.63) is 34.3 Å². The van der Waals surface area contributed by atoms with Crippen molar-refractivity contribution in [1.82, 2.24) is 0 Å². The Labute approximate surface area is 116 Å². The lowest BCUT2D eigenvalue weighted by Gasteiger charge is -2.17. The summed E-state index contributed by atoms with van der Waals surface area (Å²) in [7, 11) is 0. The van der Waals surface area contributed by atoms with Gasteiger partial charge in [-0.3, -0.25) is 4.79 Å². The molecular weight excluding hydrogens is 244 g/mol. The third-order valence-corrected chi connectivity index (χ3v) is 3.72. The van der Waals surface area contributed by atoms with Crippen LogP contribution in [0.5, 0.6) is 0 Å². The molecule has 0 saturated heterocycles. The van der Waals surface area contributed by atoms with Crippen molar-refractivity contribution < 1.29 is 4.79 Å². The number of Topliss-reactive ketones (excluding diaryl/α,β-unsaturated/α-hetero) is 1. The van der Waals surface area contributed by atoms with Gasteiger partial charge < -0.3 is 0 Å². The lowest BCUT2D eigenvalue weighted by atomic mass is 9.88. The Morgan fingerprint density at radius 3 is 2.56 bits per heavy atom. The van der Waals surface area contributed by atoms with Crippen molar-refractivity contribution in [2.24, 2.45) is 0 Å². The predicted octanol–water partition coefficient (Wildman–Crippen LogP) is 5.29. The normalized spacial score (nSPS) is 12.4. The summed E-state index contributed by atoms with van der Waals surface area (Å²) < 4.78 is 0. The number of ketones is 1. The topological polar surface area (TPSA) is 17.1 Å². The first kappa shape index (κ1) is 15.2. The van der Waals surface area contributed by atoms with Crippen molar-refractivity contribution in [2.45, 2.75) is 58.8 Å². The lowest BCUT2D eigenvalue weighted by molar-refractivity contribution is -0.119. The van der Waals surface area contributed by atoms with Crippen LogP contribution in [0.15, 0.2) is 18.2 Å². The summed E-state index contributed by atoms with van der Waals surface area (Å²) in [4.78, 5) is 11.8. The van der Waals surface area contributed by atoms with Crippen LogP contribution in [0.25, 0.3) is 0 Å². The summed E-state index contributed by atoms with van der Waals surface area (Å²) in [5.41, 5.74) is 2.35. The van der Waals surface area contributed by atoms with Crippen LogP contribution in [0.1, 0.15) is 63.0 Å². The summed E-state index contributed by atoms with van der Waals surface area (Å²) in [6.45, 7) is 6.24. The standard InChI is InChI=1S/C16H23ClO/c1-4-6-13(11-15(18)7-5-2)14-8-9-16(17)12(3)10-14/h8-10,13H,4-7,11H2,1-3H3. The highest BCUT2D eigenvalue weighted by atomic mass is 35.5. The largest absolute Gasteiger partial charge is 0.300 e. The number of benzene rings is 1. The van der Waals surface area contributed by atoms with E-state index in [4.69, 9.17) is 11.6 Å². The molecule has 0 aromatic heterocycles. The van der Waals surface area contributed by atoms with Crippen molar-refractivity contribution in [3.63, 3.8) is 0 Å². The molecule has 0 aliphatic rings. The van der Waals surface area contributed by atoms with Crippen molar-refractivity contribution in [3.8, 4) is 0 Å². The number of halogens is 1. The smallest absolute Gasteiger partial charge is 0.133 e. The Hall–Kier alpha value is -0.820. The van der Waals surface area contributed by atoms with E-state index in [1.165, 1.54) is 5.56 Å². The van der Waals surface area contributed by atoms with E-state index >= 15 is 0 Å². The Kier molecular flexibility index (Phi) is 6.42. The molecule has 0 saturated carbocycles. The first-order valence-electron chi connectivity index (χ1n) is 6.86. The molecule has 18 heavy (non-hydrogen) atoms. The fourth-order valence-electron chi connectivity index (χ4n) is 2.31. The second kappa shape index (κ2) is 7.58. The number of aryl methyl sites for hydroxylation is 1. The van der Waals surface area contributed by atoms with Gasteiger partial charge in [0, 0.05) is 17.9 Å². The van der Waals surface area contributed by atoms with Crippen molar-refractivity contribution >= 4 is 17.4 Å². The number of hydrogen-bond acceptors (Lipinski definition) is 1. The van der Waals surface area contributed by atoms with Gasteiger partial charge >= 0.3 is 0 Å². The minimum atomic E-state index is 0.352. The van der Waals surface area contributed by atoms with Gasteiger partial charge in [-0.1, -0.05) is 44.0 Å². The van der Waals surface area contributed by atoms with Crippen molar-refractivity contribution in [2.75, 3.05) is 0 Å². The zero-order valence-electron chi connectivity index (χ0n) is 11.6. The molecule has 1 unspecified atom stereocenters. The predicted molar refractivity (Wildman–Crippen MR) is 78.4 cm³/mol. The summed E-state index contributed by atoms with van der Waals surface area (Å²) in [5, 5.41) is 0.800. The van der Waals surface area contributed by atoms with Crippen LogP contribution in [0.4, 0.5) is 0 Å². The van der Waals surface area contributed by atoms with Gasteiger partial charge in [0.05, 0.1) is 0 Å². The molecule has 1 nitrogen and oxygen atoms in total.